The van der Waals surface area contributed by atoms with Crippen LogP contribution in [0, 0.1) is 0 Å². The topological polar surface area (TPSA) is 198 Å². The molecule has 9 nitrogen and oxygen atoms in total. The summed E-state index contributed by atoms with van der Waals surface area (Å²) in [6, 6.07) is 0. The van der Waals surface area contributed by atoms with E-state index >= 15 is 0 Å². The first-order valence-corrected chi connectivity index (χ1v) is 5.12. The van der Waals surface area contributed by atoms with Crippen LogP contribution in [0.15, 0.2) is 0 Å². The van der Waals surface area contributed by atoms with E-state index in [1.54, 1.807) is 0 Å². The average molecular weight is 296 g/mol. The van der Waals surface area contributed by atoms with Crippen molar-refractivity contribution in [2.24, 2.45) is 15.4 Å². The molecule has 0 aliphatic rings. The van der Waals surface area contributed by atoms with Crippen LogP contribution in [-0.2, 0) is 50.9 Å². The summed E-state index contributed by atoms with van der Waals surface area (Å²) in [5.41, 5.74) is 0. The minimum Gasteiger partial charge on any atom is -0.760 e. The first-order valence-electron chi connectivity index (χ1n) is 1.71. The van der Waals surface area contributed by atoms with Crippen molar-refractivity contribution in [1.29, 1.82) is 0 Å². The summed E-state index contributed by atoms with van der Waals surface area (Å²) in [4.78, 5) is 0. The van der Waals surface area contributed by atoms with Gasteiger partial charge in [0.25, 0.3) is 0 Å². The summed E-state index contributed by atoms with van der Waals surface area (Å²) < 4.78 is 52.7. The molecule has 13 heteroatoms. The second kappa shape index (κ2) is 18.5. The maximum Gasteiger partial charge on any atom is 3.00 e. The number of nitrogens with two attached hydrogens (primary N) is 3. The van der Waals surface area contributed by atoms with Crippen LogP contribution in [0.4, 0.5) is 0 Å². The van der Waals surface area contributed by atoms with Gasteiger partial charge in [-0.05, 0) is 0 Å². The zero-order valence-electron chi connectivity index (χ0n) is 5.76. The van der Waals surface area contributed by atoms with Crippen LogP contribution in [0.1, 0.15) is 0 Å². The Morgan fingerprint density at radius 2 is 0.692 bits per heavy atom. The summed E-state index contributed by atoms with van der Waals surface area (Å²) >= 11 is -7.08. The van der Waals surface area contributed by atoms with Gasteiger partial charge in [-0.3, -0.25) is 28.0 Å². The molecule has 6 N–H and O–H groups in total. The van der Waals surface area contributed by atoms with E-state index in [-0.39, 0.29) is 17.1 Å². The first kappa shape index (κ1) is 23.5. The molecule has 0 spiro atoms. The molecule has 0 saturated heterocycles. The van der Waals surface area contributed by atoms with Gasteiger partial charge in [0.05, 0.1) is 0 Å². The summed E-state index contributed by atoms with van der Waals surface area (Å²) in [6.07, 6.45) is 0. The summed E-state index contributed by atoms with van der Waals surface area (Å²) in [6.45, 7) is 0. The maximum absolute atomic E-state index is 8.78. The molecule has 3 atom stereocenters. The van der Waals surface area contributed by atoms with E-state index < -0.39 is 33.8 Å². The van der Waals surface area contributed by atoms with Gasteiger partial charge < -0.3 is 13.7 Å². The van der Waals surface area contributed by atoms with E-state index in [0.717, 1.165) is 0 Å². The van der Waals surface area contributed by atoms with Gasteiger partial charge in [0.1, 0.15) is 0 Å². The van der Waals surface area contributed by atoms with Crippen molar-refractivity contribution in [3.05, 3.63) is 0 Å². The van der Waals surface area contributed by atoms with Crippen LogP contribution in [0.2, 0.25) is 0 Å². The number of hydrogen-bond acceptors (Lipinski definition) is 6. The predicted molar refractivity (Wildman–Crippen MR) is 39.3 cm³/mol. The molecule has 0 amide bonds. The van der Waals surface area contributed by atoms with E-state index in [4.69, 9.17) is 26.3 Å². The molecule has 0 rings (SSSR count). The molecule has 1 radical (unpaired) electrons. The van der Waals surface area contributed by atoms with Gasteiger partial charge in [-0.1, -0.05) is 0 Å². The third kappa shape index (κ3) is 2750. The standard InChI is InChI=1S/Fe.3H3NO2S/c;3*1-4(2)3/h;3*1H2,(H,2,3)/q+3;;;/p-3. The summed E-state index contributed by atoms with van der Waals surface area (Å²) in [5.74, 6) is 0. The van der Waals surface area contributed by atoms with Crippen LogP contribution in [-0.4, -0.2) is 26.3 Å². The molecule has 3 unspecified atom stereocenters. The van der Waals surface area contributed by atoms with Crippen LogP contribution in [0.3, 0.4) is 0 Å². The smallest absolute Gasteiger partial charge is 0.760 e. The Kier molecular flexibility index (Phi) is 33.4. The molecule has 83 valence electrons. The fourth-order valence-corrected chi connectivity index (χ4v) is 0. The van der Waals surface area contributed by atoms with Gasteiger partial charge in [-0.15, -0.1) is 0 Å². The van der Waals surface area contributed by atoms with Gasteiger partial charge >= 0.3 is 17.1 Å². The summed E-state index contributed by atoms with van der Waals surface area (Å²) in [7, 11) is 0. The van der Waals surface area contributed by atoms with Crippen molar-refractivity contribution in [3.8, 4) is 0 Å². The number of rotatable bonds is 0. The summed E-state index contributed by atoms with van der Waals surface area (Å²) in [5, 5.41) is 12.1. The molecule has 0 aliphatic heterocycles. The Morgan fingerprint density at radius 3 is 0.692 bits per heavy atom. The van der Waals surface area contributed by atoms with Crippen molar-refractivity contribution in [3.63, 3.8) is 0 Å². The van der Waals surface area contributed by atoms with E-state index in [1.165, 1.54) is 0 Å². The Labute approximate surface area is 92.5 Å². The predicted octanol–water partition coefficient (Wildman–Crippen LogP) is -3.78. The second-order valence-corrected chi connectivity index (χ2v) is 2.34. The van der Waals surface area contributed by atoms with Crippen molar-refractivity contribution < 1.29 is 43.4 Å². The van der Waals surface area contributed by atoms with E-state index in [0.29, 0.717) is 0 Å². The minimum absolute atomic E-state index is 0. The third-order valence-corrected chi connectivity index (χ3v) is 0. The van der Waals surface area contributed by atoms with Crippen molar-refractivity contribution >= 4 is 33.8 Å². The maximum atomic E-state index is 8.78. The monoisotopic (exact) mass is 296 g/mol. The molecule has 13 heavy (non-hydrogen) atoms. The fourth-order valence-electron chi connectivity index (χ4n) is 0. The van der Waals surface area contributed by atoms with E-state index in [1.807, 2.05) is 0 Å². The normalized spacial score (nSPS) is 14.3. The molecule has 0 aromatic carbocycles. The van der Waals surface area contributed by atoms with Gasteiger partial charge in [-0.25, -0.2) is 0 Å². The Bertz CT molecular complexity index is 121. The Hall–Kier alpha value is 0.729. The molecule has 0 fully saturated rings. The molecule has 0 heterocycles. The van der Waals surface area contributed by atoms with Crippen molar-refractivity contribution in [2.75, 3.05) is 0 Å². The Balaban J connectivity index is -0.0000000450. The van der Waals surface area contributed by atoms with Crippen LogP contribution in [0.25, 0.3) is 0 Å². The van der Waals surface area contributed by atoms with Crippen LogP contribution < -0.4 is 15.4 Å². The largest absolute Gasteiger partial charge is 3.00 e. The zero-order valence-corrected chi connectivity index (χ0v) is 9.31. The molecule has 0 aliphatic carbocycles. The molecule has 0 aromatic rings. The van der Waals surface area contributed by atoms with E-state index in [9.17, 15) is 0 Å². The van der Waals surface area contributed by atoms with Gasteiger partial charge in [0.15, 0.2) is 0 Å². The SMILES string of the molecule is NS(=O)[O-].NS(=O)[O-].NS(=O)[O-].[Fe+3]. The number of hydrogen-bond donors (Lipinski definition) is 3. The van der Waals surface area contributed by atoms with Crippen molar-refractivity contribution in [1.82, 2.24) is 0 Å². The van der Waals surface area contributed by atoms with Gasteiger partial charge in [0, 0.05) is 33.8 Å². The molecular weight excluding hydrogens is 290 g/mol. The second-order valence-electron chi connectivity index (χ2n) is 0.781. The third-order valence-electron chi connectivity index (χ3n) is 0. The quantitative estimate of drug-likeness (QED) is 0.302. The van der Waals surface area contributed by atoms with Gasteiger partial charge in [0.2, 0.25) is 0 Å². The fraction of sp³-hybridized carbons (Fsp3) is 0. The molecule has 0 saturated carbocycles. The zero-order chi connectivity index (χ0) is 10.7. The molecule has 0 bridgehead atoms. The average Bonchev–Trinajstić information content (AvgIpc) is 1.54. The Morgan fingerprint density at radius 1 is 0.692 bits per heavy atom. The molecular formula is H6FeN3O6S3. The van der Waals surface area contributed by atoms with Crippen molar-refractivity contribution in [2.45, 2.75) is 0 Å². The van der Waals surface area contributed by atoms with E-state index in [2.05, 4.69) is 15.4 Å². The first-order chi connectivity index (χ1) is 5.20. The van der Waals surface area contributed by atoms with Crippen LogP contribution in [0.5, 0.6) is 0 Å². The molecule has 0 aromatic heterocycles. The van der Waals surface area contributed by atoms with Crippen LogP contribution >= 0.6 is 0 Å². The minimum atomic E-state index is -2.36. The van der Waals surface area contributed by atoms with Gasteiger partial charge in [-0.2, -0.15) is 0 Å².